The Morgan fingerprint density at radius 1 is 1.61 bits per heavy atom. The van der Waals surface area contributed by atoms with Gasteiger partial charge in [0.1, 0.15) is 5.54 Å². The van der Waals surface area contributed by atoms with Gasteiger partial charge in [-0.25, -0.2) is 0 Å². The molecular formula is C12H20N4O2. The number of carbonyl (C=O) groups excluding carboxylic acids is 1. The summed E-state index contributed by atoms with van der Waals surface area (Å²) in [5.74, 6) is 0.258. The van der Waals surface area contributed by atoms with Crippen LogP contribution in [-0.4, -0.2) is 34.9 Å². The van der Waals surface area contributed by atoms with Gasteiger partial charge in [0.15, 0.2) is 5.82 Å². The zero-order chi connectivity index (χ0) is 13.4. The fourth-order valence-electron chi connectivity index (χ4n) is 1.77. The van der Waals surface area contributed by atoms with E-state index in [1.807, 2.05) is 6.07 Å². The van der Waals surface area contributed by atoms with E-state index >= 15 is 0 Å². The van der Waals surface area contributed by atoms with Crippen LogP contribution in [0, 0.1) is 0 Å². The first-order chi connectivity index (χ1) is 8.31. The third kappa shape index (κ3) is 2.54. The van der Waals surface area contributed by atoms with Gasteiger partial charge in [0.2, 0.25) is 5.91 Å². The van der Waals surface area contributed by atoms with Crippen molar-refractivity contribution in [3.8, 4) is 0 Å². The minimum Gasteiger partial charge on any atom is -0.379 e. The number of carbonyl (C=O) groups is 1. The van der Waals surface area contributed by atoms with Crippen molar-refractivity contribution in [3.63, 3.8) is 0 Å². The fourth-order valence-corrected chi connectivity index (χ4v) is 1.77. The highest BCUT2D eigenvalue weighted by atomic mass is 16.5. The Morgan fingerprint density at radius 3 is 2.83 bits per heavy atom. The molecule has 4 N–H and O–H groups in total. The van der Waals surface area contributed by atoms with Crippen molar-refractivity contribution in [2.24, 2.45) is 5.73 Å². The maximum atomic E-state index is 12.0. The molecule has 0 aliphatic carbocycles. The van der Waals surface area contributed by atoms with Crippen molar-refractivity contribution in [2.45, 2.75) is 38.1 Å². The summed E-state index contributed by atoms with van der Waals surface area (Å²) in [6, 6.07) is 1.83. The molecule has 0 saturated carbocycles. The van der Waals surface area contributed by atoms with Crippen LogP contribution in [0.25, 0.3) is 0 Å². The standard InChI is InChI=1S/C12H20N4O2/c1-11(2,3)8-6-9(16-15-8)14-10(17)12(13)4-5-18-7-12/h6H,4-5,7,13H2,1-3H3,(H2,14,15,16,17). The van der Waals surface area contributed by atoms with Gasteiger partial charge in [0.05, 0.1) is 6.61 Å². The topological polar surface area (TPSA) is 93.0 Å². The molecule has 100 valence electrons. The van der Waals surface area contributed by atoms with Crippen molar-refractivity contribution in [3.05, 3.63) is 11.8 Å². The summed E-state index contributed by atoms with van der Waals surface area (Å²) in [4.78, 5) is 12.0. The number of anilines is 1. The maximum absolute atomic E-state index is 12.0. The number of hydrogen-bond donors (Lipinski definition) is 3. The molecule has 2 rings (SSSR count). The molecule has 6 heteroatoms. The van der Waals surface area contributed by atoms with Crippen molar-refractivity contribution in [1.29, 1.82) is 0 Å². The van der Waals surface area contributed by atoms with E-state index in [4.69, 9.17) is 10.5 Å². The number of hydrogen-bond acceptors (Lipinski definition) is 4. The Kier molecular flexibility index (Phi) is 3.16. The SMILES string of the molecule is CC(C)(C)c1cc(NC(=O)C2(N)CCOC2)n[nH]1. The van der Waals surface area contributed by atoms with Crippen molar-refractivity contribution in [2.75, 3.05) is 18.5 Å². The summed E-state index contributed by atoms with van der Waals surface area (Å²) in [6.07, 6.45) is 0.537. The van der Waals surface area contributed by atoms with Gasteiger partial charge in [0.25, 0.3) is 0 Å². The van der Waals surface area contributed by atoms with Crippen LogP contribution in [-0.2, 0) is 14.9 Å². The van der Waals surface area contributed by atoms with E-state index in [-0.39, 0.29) is 17.9 Å². The lowest BCUT2D eigenvalue weighted by molar-refractivity contribution is -0.121. The molecule has 1 fully saturated rings. The van der Waals surface area contributed by atoms with Crippen LogP contribution in [0.1, 0.15) is 32.9 Å². The summed E-state index contributed by atoms with van der Waals surface area (Å²) in [7, 11) is 0. The Hall–Kier alpha value is -1.40. The second-order valence-electron chi connectivity index (χ2n) is 5.83. The molecule has 18 heavy (non-hydrogen) atoms. The molecule has 1 amide bonds. The van der Waals surface area contributed by atoms with E-state index in [1.54, 1.807) is 0 Å². The number of H-pyrrole nitrogens is 1. The second-order valence-corrected chi connectivity index (χ2v) is 5.83. The van der Waals surface area contributed by atoms with Crippen LogP contribution in [0.2, 0.25) is 0 Å². The summed E-state index contributed by atoms with van der Waals surface area (Å²) in [5, 5.41) is 9.72. The van der Waals surface area contributed by atoms with Gasteiger partial charge in [0, 0.05) is 23.8 Å². The molecule has 0 spiro atoms. The predicted octanol–water partition coefficient (Wildman–Crippen LogP) is 0.764. The molecule has 0 radical (unpaired) electrons. The van der Waals surface area contributed by atoms with Crippen molar-refractivity contribution >= 4 is 11.7 Å². The highest BCUT2D eigenvalue weighted by Gasteiger charge is 2.38. The number of amides is 1. The minimum atomic E-state index is -0.930. The van der Waals surface area contributed by atoms with E-state index < -0.39 is 5.54 Å². The molecule has 1 aromatic heterocycles. The average Bonchev–Trinajstić information content (AvgIpc) is 2.86. The number of nitrogens with two attached hydrogens (primary N) is 1. The van der Waals surface area contributed by atoms with Crippen LogP contribution in [0.15, 0.2) is 6.07 Å². The molecule has 1 saturated heterocycles. The van der Waals surface area contributed by atoms with Crippen LogP contribution in [0.5, 0.6) is 0 Å². The van der Waals surface area contributed by atoms with Gasteiger partial charge in [-0.15, -0.1) is 0 Å². The molecule has 0 bridgehead atoms. The third-order valence-corrected chi connectivity index (χ3v) is 3.13. The van der Waals surface area contributed by atoms with Crippen molar-refractivity contribution < 1.29 is 9.53 Å². The van der Waals surface area contributed by atoms with Crippen LogP contribution >= 0.6 is 0 Å². The van der Waals surface area contributed by atoms with Crippen LogP contribution in [0.4, 0.5) is 5.82 Å². The van der Waals surface area contributed by atoms with Gasteiger partial charge >= 0.3 is 0 Å². The molecule has 6 nitrogen and oxygen atoms in total. The number of aromatic nitrogens is 2. The van der Waals surface area contributed by atoms with E-state index in [0.29, 0.717) is 18.8 Å². The Balaban J connectivity index is 2.06. The highest BCUT2D eigenvalue weighted by Crippen LogP contribution is 2.23. The second kappa shape index (κ2) is 4.37. The lowest BCUT2D eigenvalue weighted by Gasteiger charge is -2.19. The Labute approximate surface area is 106 Å². The third-order valence-electron chi connectivity index (χ3n) is 3.13. The zero-order valence-electron chi connectivity index (χ0n) is 11.0. The first-order valence-corrected chi connectivity index (χ1v) is 6.05. The summed E-state index contributed by atoms with van der Waals surface area (Å²) < 4.78 is 5.16. The first-order valence-electron chi connectivity index (χ1n) is 6.05. The quantitative estimate of drug-likeness (QED) is 0.724. The van der Waals surface area contributed by atoms with E-state index in [0.717, 1.165) is 5.69 Å². The van der Waals surface area contributed by atoms with Crippen LogP contribution in [0.3, 0.4) is 0 Å². The Bertz CT molecular complexity index is 441. The van der Waals surface area contributed by atoms with Crippen molar-refractivity contribution in [1.82, 2.24) is 10.2 Å². The minimum absolute atomic E-state index is 0.0349. The fraction of sp³-hybridized carbons (Fsp3) is 0.667. The van der Waals surface area contributed by atoms with Gasteiger partial charge in [-0.1, -0.05) is 20.8 Å². The molecular weight excluding hydrogens is 232 g/mol. The molecule has 1 aliphatic rings. The predicted molar refractivity (Wildman–Crippen MR) is 68.3 cm³/mol. The number of ether oxygens (including phenoxy) is 1. The zero-order valence-corrected chi connectivity index (χ0v) is 11.0. The number of aromatic amines is 1. The number of nitrogens with zero attached hydrogens (tertiary/aromatic N) is 1. The normalized spacial score (nSPS) is 24.2. The molecule has 2 heterocycles. The van der Waals surface area contributed by atoms with Gasteiger partial charge in [-0.2, -0.15) is 5.10 Å². The molecule has 1 aliphatic heterocycles. The molecule has 1 unspecified atom stereocenters. The summed E-state index contributed by atoms with van der Waals surface area (Å²) >= 11 is 0. The monoisotopic (exact) mass is 252 g/mol. The Morgan fingerprint density at radius 2 is 2.33 bits per heavy atom. The van der Waals surface area contributed by atoms with Gasteiger partial charge in [-0.3, -0.25) is 9.89 Å². The number of nitrogens with one attached hydrogen (secondary N) is 2. The lowest BCUT2D eigenvalue weighted by atomic mass is 9.92. The lowest BCUT2D eigenvalue weighted by Crippen LogP contribution is -2.51. The first kappa shape index (κ1) is 13.0. The number of rotatable bonds is 2. The molecule has 1 aromatic rings. The summed E-state index contributed by atoms with van der Waals surface area (Å²) in [5.41, 5.74) is 5.97. The molecule has 0 aromatic carbocycles. The van der Waals surface area contributed by atoms with E-state index in [1.165, 1.54) is 0 Å². The average molecular weight is 252 g/mol. The van der Waals surface area contributed by atoms with E-state index in [2.05, 4.69) is 36.3 Å². The maximum Gasteiger partial charge on any atom is 0.248 e. The molecule has 1 atom stereocenters. The van der Waals surface area contributed by atoms with Gasteiger partial charge in [-0.05, 0) is 6.42 Å². The van der Waals surface area contributed by atoms with Gasteiger partial charge < -0.3 is 15.8 Å². The van der Waals surface area contributed by atoms with E-state index in [9.17, 15) is 4.79 Å². The highest BCUT2D eigenvalue weighted by molar-refractivity contribution is 5.97. The summed E-state index contributed by atoms with van der Waals surface area (Å²) in [6.45, 7) is 7.00. The largest absolute Gasteiger partial charge is 0.379 e. The van der Waals surface area contributed by atoms with Crippen LogP contribution < -0.4 is 11.1 Å². The smallest absolute Gasteiger partial charge is 0.248 e.